The molecule has 6 nitrogen and oxygen atoms in total. The zero-order valence-electron chi connectivity index (χ0n) is 14.3. The van der Waals surface area contributed by atoms with Gasteiger partial charge in [0.1, 0.15) is 15.9 Å². The number of rotatable bonds is 5. The van der Waals surface area contributed by atoms with E-state index in [1.54, 1.807) is 18.2 Å². The van der Waals surface area contributed by atoms with E-state index in [-0.39, 0.29) is 10.8 Å². The van der Waals surface area contributed by atoms with Gasteiger partial charge in [-0.3, -0.25) is 10.2 Å². The summed E-state index contributed by atoms with van der Waals surface area (Å²) in [5.74, 6) is 0.187. The molecule has 0 aliphatic carbocycles. The van der Waals surface area contributed by atoms with E-state index >= 15 is 0 Å². The average Bonchev–Trinajstić information content (AvgIpc) is 3.20. The van der Waals surface area contributed by atoms with Crippen molar-refractivity contribution in [2.24, 2.45) is 0 Å². The number of ether oxygens (including phenoxy) is 2. The Morgan fingerprint density at radius 2 is 1.96 bits per heavy atom. The average molecular weight is 410 g/mol. The second-order valence-electron chi connectivity index (χ2n) is 5.39. The number of thioether (sulfide) groups is 1. The Morgan fingerprint density at radius 1 is 1.27 bits per heavy atom. The molecule has 0 bridgehead atoms. The van der Waals surface area contributed by atoms with Crippen molar-refractivity contribution in [3.05, 3.63) is 37.6 Å². The van der Waals surface area contributed by atoms with E-state index in [0.717, 1.165) is 23.2 Å². The number of nitrogens with zero attached hydrogens (tertiary/aromatic N) is 2. The third-order valence-electron chi connectivity index (χ3n) is 3.81. The van der Waals surface area contributed by atoms with Gasteiger partial charge in [-0.1, -0.05) is 30.3 Å². The summed E-state index contributed by atoms with van der Waals surface area (Å²) in [6, 6.07) is 3.34. The van der Waals surface area contributed by atoms with Crippen LogP contribution >= 0.6 is 34.7 Å². The SMILES string of the molecule is CCc1nnc([C@H]2C(=N)S/C(=C\c3cc(OC)c(OC)cc3Cl)C2=O)s1. The van der Waals surface area contributed by atoms with Crippen LogP contribution in [0.2, 0.25) is 5.02 Å². The number of methoxy groups -OCH3 is 2. The Kier molecular flexibility index (Phi) is 5.64. The summed E-state index contributed by atoms with van der Waals surface area (Å²) in [5.41, 5.74) is 0.625. The predicted molar refractivity (Wildman–Crippen MR) is 105 cm³/mol. The molecule has 1 aromatic carbocycles. The van der Waals surface area contributed by atoms with Crippen molar-refractivity contribution in [2.75, 3.05) is 14.2 Å². The van der Waals surface area contributed by atoms with Gasteiger partial charge in [-0.15, -0.1) is 21.5 Å². The first-order valence-corrected chi connectivity index (χ1v) is 9.75. The highest BCUT2D eigenvalue weighted by Crippen LogP contribution is 2.43. The number of aryl methyl sites for hydroxylation is 1. The molecule has 0 spiro atoms. The van der Waals surface area contributed by atoms with Crippen molar-refractivity contribution < 1.29 is 14.3 Å². The number of Topliss-reactive ketones (excluding diaryl/α,β-unsaturated/α-hetero) is 1. The number of ketones is 1. The van der Waals surface area contributed by atoms with Gasteiger partial charge in [-0.25, -0.2) is 0 Å². The van der Waals surface area contributed by atoms with Crippen LogP contribution in [0.1, 0.15) is 28.4 Å². The number of allylic oxidation sites excluding steroid dienone is 1. The van der Waals surface area contributed by atoms with Crippen molar-refractivity contribution in [3.8, 4) is 11.5 Å². The lowest BCUT2D eigenvalue weighted by Crippen LogP contribution is -2.11. The van der Waals surface area contributed by atoms with Gasteiger partial charge in [0.2, 0.25) is 0 Å². The molecule has 26 heavy (non-hydrogen) atoms. The van der Waals surface area contributed by atoms with Crippen LogP contribution in [0.15, 0.2) is 17.0 Å². The zero-order valence-corrected chi connectivity index (χ0v) is 16.7. The molecule has 1 aliphatic rings. The lowest BCUT2D eigenvalue weighted by atomic mass is 10.0. The highest BCUT2D eigenvalue weighted by atomic mass is 35.5. The standard InChI is InChI=1S/C17H16ClN3O3S2/c1-4-13-20-21-17(26-13)14-15(22)12(25-16(14)19)6-8-5-10(23-2)11(24-3)7-9(8)18/h5-7,14,19H,4H2,1-3H3/b12-6-,19-16?/t14-/m1/s1. The third-order valence-corrected chi connectivity index (χ3v) is 6.26. The van der Waals surface area contributed by atoms with Gasteiger partial charge in [0.15, 0.2) is 17.3 Å². The van der Waals surface area contributed by atoms with Crippen LogP contribution in [0.25, 0.3) is 6.08 Å². The highest BCUT2D eigenvalue weighted by molar-refractivity contribution is 8.19. The number of halogens is 1. The van der Waals surface area contributed by atoms with Gasteiger partial charge in [0.25, 0.3) is 0 Å². The number of benzene rings is 1. The van der Waals surface area contributed by atoms with Crippen molar-refractivity contribution in [2.45, 2.75) is 19.3 Å². The number of hydrogen-bond acceptors (Lipinski definition) is 8. The smallest absolute Gasteiger partial charge is 0.186 e. The maximum atomic E-state index is 12.8. The largest absolute Gasteiger partial charge is 0.493 e. The van der Waals surface area contributed by atoms with Gasteiger partial charge < -0.3 is 9.47 Å². The Bertz CT molecular complexity index is 911. The number of hydrogen-bond donors (Lipinski definition) is 1. The van der Waals surface area contributed by atoms with Crippen LogP contribution in [0.5, 0.6) is 11.5 Å². The number of aromatic nitrogens is 2. The number of carbonyl (C=O) groups excluding carboxylic acids is 1. The van der Waals surface area contributed by atoms with Gasteiger partial charge in [-0.05, 0) is 24.1 Å². The van der Waals surface area contributed by atoms with Crippen molar-refractivity contribution >= 4 is 51.6 Å². The second-order valence-corrected chi connectivity index (χ2v) is 7.97. The van der Waals surface area contributed by atoms with E-state index in [1.807, 2.05) is 6.92 Å². The Labute approximate surface area is 164 Å². The predicted octanol–water partition coefficient (Wildman–Crippen LogP) is 4.19. The van der Waals surface area contributed by atoms with Crippen LogP contribution < -0.4 is 9.47 Å². The summed E-state index contributed by atoms with van der Waals surface area (Å²) < 4.78 is 10.5. The fraction of sp³-hybridized carbons (Fsp3) is 0.294. The van der Waals surface area contributed by atoms with Crippen LogP contribution in [0.3, 0.4) is 0 Å². The summed E-state index contributed by atoms with van der Waals surface area (Å²) in [6.45, 7) is 1.98. The van der Waals surface area contributed by atoms with Crippen LogP contribution in [0.4, 0.5) is 0 Å². The molecule has 2 aromatic rings. The van der Waals surface area contributed by atoms with E-state index in [9.17, 15) is 4.79 Å². The maximum Gasteiger partial charge on any atom is 0.186 e. The summed E-state index contributed by atoms with van der Waals surface area (Å²) in [5, 5.41) is 18.4. The summed E-state index contributed by atoms with van der Waals surface area (Å²) >= 11 is 8.80. The molecule has 1 saturated heterocycles. The van der Waals surface area contributed by atoms with E-state index in [2.05, 4.69) is 10.2 Å². The van der Waals surface area contributed by atoms with E-state index < -0.39 is 5.92 Å². The first-order valence-electron chi connectivity index (χ1n) is 7.74. The molecule has 1 aromatic heterocycles. The molecule has 1 fully saturated rings. The minimum atomic E-state index is -0.678. The molecule has 0 unspecified atom stereocenters. The molecule has 3 rings (SSSR count). The third kappa shape index (κ3) is 3.49. The lowest BCUT2D eigenvalue weighted by Gasteiger charge is -2.10. The molecule has 136 valence electrons. The summed E-state index contributed by atoms with van der Waals surface area (Å²) in [4.78, 5) is 13.3. The minimum absolute atomic E-state index is 0.162. The lowest BCUT2D eigenvalue weighted by molar-refractivity contribution is -0.114. The summed E-state index contributed by atoms with van der Waals surface area (Å²) in [6.07, 6.45) is 2.43. The zero-order chi connectivity index (χ0) is 18.8. The molecular weight excluding hydrogens is 394 g/mol. The van der Waals surface area contributed by atoms with Crippen LogP contribution in [0, 0.1) is 5.41 Å². The van der Waals surface area contributed by atoms with Crippen molar-refractivity contribution in [3.63, 3.8) is 0 Å². The van der Waals surface area contributed by atoms with Crippen LogP contribution in [-0.4, -0.2) is 35.2 Å². The molecule has 0 radical (unpaired) electrons. The molecular formula is C17H16ClN3O3S2. The van der Waals surface area contributed by atoms with Gasteiger partial charge in [0, 0.05) is 6.07 Å². The molecule has 1 N–H and O–H groups in total. The maximum absolute atomic E-state index is 12.8. The van der Waals surface area contributed by atoms with Crippen molar-refractivity contribution in [1.82, 2.24) is 10.2 Å². The minimum Gasteiger partial charge on any atom is -0.493 e. The Morgan fingerprint density at radius 3 is 2.58 bits per heavy atom. The van der Waals surface area contributed by atoms with E-state index in [1.165, 1.54) is 25.6 Å². The van der Waals surface area contributed by atoms with Gasteiger partial charge in [-0.2, -0.15) is 0 Å². The summed E-state index contributed by atoms with van der Waals surface area (Å²) in [7, 11) is 3.06. The molecule has 0 saturated carbocycles. The monoisotopic (exact) mass is 409 g/mol. The Balaban J connectivity index is 1.95. The van der Waals surface area contributed by atoms with Crippen LogP contribution in [-0.2, 0) is 11.2 Å². The quantitative estimate of drug-likeness (QED) is 0.745. The fourth-order valence-electron chi connectivity index (χ4n) is 2.46. The van der Waals surface area contributed by atoms with E-state index in [0.29, 0.717) is 32.0 Å². The molecule has 1 atom stereocenters. The second kappa shape index (κ2) is 7.77. The first-order chi connectivity index (χ1) is 12.5. The highest BCUT2D eigenvalue weighted by Gasteiger charge is 2.39. The molecule has 1 aliphatic heterocycles. The first kappa shape index (κ1) is 18.9. The molecule has 2 heterocycles. The molecule has 0 amide bonds. The fourth-order valence-corrected chi connectivity index (χ4v) is 4.61. The normalized spacial score (nSPS) is 18.6. The van der Waals surface area contributed by atoms with Gasteiger partial charge in [0.05, 0.1) is 29.2 Å². The number of carbonyl (C=O) groups is 1. The van der Waals surface area contributed by atoms with Crippen molar-refractivity contribution in [1.29, 1.82) is 5.41 Å². The molecule has 9 heteroatoms. The Hall–Kier alpha value is -1.90. The van der Waals surface area contributed by atoms with E-state index in [4.69, 9.17) is 26.5 Å². The topological polar surface area (TPSA) is 85.2 Å². The number of nitrogens with one attached hydrogen (secondary N) is 1. The van der Waals surface area contributed by atoms with Gasteiger partial charge >= 0.3 is 0 Å².